The van der Waals surface area contributed by atoms with Crippen LogP contribution in [0.4, 0.5) is 11.4 Å². The molecule has 0 spiro atoms. The summed E-state index contributed by atoms with van der Waals surface area (Å²) in [6.07, 6.45) is 0. The molecule has 6 nitrogen and oxygen atoms in total. The van der Waals surface area contributed by atoms with Crippen molar-refractivity contribution in [3.8, 4) is 5.75 Å². The topological polar surface area (TPSA) is 80.3 Å². The number of nitrogens with zero attached hydrogens (tertiary/aromatic N) is 1. The van der Waals surface area contributed by atoms with Gasteiger partial charge in [-0.2, -0.15) is 0 Å². The standard InChI is InChI=1S/C23H25N3O3/c1-14-19(12-15-6-11-18(29-5)13-20(15)24-14)21(27)25-16-7-9-17(10-8-16)26-22(28)23(2,3)4/h6-13H,1-5H3,(H,25,27)(H,26,28). The van der Waals surface area contributed by atoms with Crippen LogP contribution in [0.15, 0.2) is 48.5 Å². The van der Waals surface area contributed by atoms with Crippen molar-refractivity contribution in [1.29, 1.82) is 0 Å². The van der Waals surface area contributed by atoms with Crippen molar-refractivity contribution in [2.75, 3.05) is 17.7 Å². The summed E-state index contributed by atoms with van der Waals surface area (Å²) < 4.78 is 5.23. The van der Waals surface area contributed by atoms with Crippen molar-refractivity contribution in [2.45, 2.75) is 27.7 Å². The van der Waals surface area contributed by atoms with Gasteiger partial charge in [-0.25, -0.2) is 0 Å². The van der Waals surface area contributed by atoms with E-state index < -0.39 is 5.41 Å². The predicted molar refractivity (Wildman–Crippen MR) is 116 cm³/mol. The monoisotopic (exact) mass is 391 g/mol. The van der Waals surface area contributed by atoms with Crippen LogP contribution in [0.25, 0.3) is 10.9 Å². The molecule has 29 heavy (non-hydrogen) atoms. The number of anilines is 2. The molecule has 3 rings (SSSR count). The van der Waals surface area contributed by atoms with E-state index in [9.17, 15) is 9.59 Å². The van der Waals surface area contributed by atoms with E-state index >= 15 is 0 Å². The van der Waals surface area contributed by atoms with E-state index in [2.05, 4.69) is 15.6 Å². The van der Waals surface area contributed by atoms with E-state index in [0.717, 1.165) is 16.7 Å². The lowest BCUT2D eigenvalue weighted by Crippen LogP contribution is -2.27. The number of hydrogen-bond donors (Lipinski definition) is 2. The van der Waals surface area contributed by atoms with Gasteiger partial charge in [0.2, 0.25) is 5.91 Å². The van der Waals surface area contributed by atoms with Gasteiger partial charge in [0.05, 0.1) is 23.9 Å². The first-order valence-corrected chi connectivity index (χ1v) is 9.35. The molecule has 0 aliphatic rings. The van der Waals surface area contributed by atoms with Crippen LogP contribution in [-0.2, 0) is 4.79 Å². The summed E-state index contributed by atoms with van der Waals surface area (Å²) in [7, 11) is 1.61. The number of ether oxygens (including phenoxy) is 1. The number of hydrogen-bond acceptors (Lipinski definition) is 4. The zero-order chi connectivity index (χ0) is 21.2. The summed E-state index contributed by atoms with van der Waals surface area (Å²) in [5, 5.41) is 6.60. The van der Waals surface area contributed by atoms with Crippen molar-refractivity contribution in [3.63, 3.8) is 0 Å². The number of amides is 2. The van der Waals surface area contributed by atoms with Crippen LogP contribution in [0, 0.1) is 12.3 Å². The van der Waals surface area contributed by atoms with Crippen LogP contribution >= 0.6 is 0 Å². The summed E-state index contributed by atoms with van der Waals surface area (Å²) in [6, 6.07) is 14.4. The molecule has 0 saturated carbocycles. The molecule has 3 aromatic rings. The molecule has 1 heterocycles. The number of carbonyl (C=O) groups excluding carboxylic acids is 2. The van der Waals surface area contributed by atoms with Gasteiger partial charge in [0, 0.05) is 28.2 Å². The van der Waals surface area contributed by atoms with Crippen LogP contribution in [0.5, 0.6) is 5.75 Å². The molecule has 0 aliphatic carbocycles. The Morgan fingerprint density at radius 3 is 2.14 bits per heavy atom. The fourth-order valence-electron chi connectivity index (χ4n) is 2.75. The van der Waals surface area contributed by atoms with E-state index in [1.54, 1.807) is 38.3 Å². The molecule has 0 aliphatic heterocycles. The molecule has 0 radical (unpaired) electrons. The average molecular weight is 391 g/mol. The van der Waals surface area contributed by atoms with Gasteiger partial charge in [0.15, 0.2) is 0 Å². The number of nitrogens with one attached hydrogen (secondary N) is 2. The lowest BCUT2D eigenvalue weighted by atomic mass is 9.95. The molecule has 6 heteroatoms. The molecule has 0 atom stereocenters. The van der Waals surface area contributed by atoms with Gasteiger partial charge in [-0.3, -0.25) is 14.6 Å². The predicted octanol–water partition coefficient (Wildman–Crippen LogP) is 4.79. The minimum atomic E-state index is -0.475. The zero-order valence-electron chi connectivity index (χ0n) is 17.3. The second-order valence-corrected chi connectivity index (χ2v) is 7.92. The number of methoxy groups -OCH3 is 1. The molecule has 1 aromatic heterocycles. The highest BCUT2D eigenvalue weighted by Gasteiger charge is 2.21. The molecule has 0 bridgehead atoms. The lowest BCUT2D eigenvalue weighted by molar-refractivity contribution is -0.123. The zero-order valence-corrected chi connectivity index (χ0v) is 17.3. The Balaban J connectivity index is 1.76. The fraction of sp³-hybridized carbons (Fsp3) is 0.261. The Morgan fingerprint density at radius 2 is 1.55 bits per heavy atom. The van der Waals surface area contributed by atoms with E-state index in [0.29, 0.717) is 22.6 Å². The maximum atomic E-state index is 12.8. The third-order valence-corrected chi connectivity index (χ3v) is 4.54. The summed E-state index contributed by atoms with van der Waals surface area (Å²) >= 11 is 0. The van der Waals surface area contributed by atoms with Crippen molar-refractivity contribution >= 4 is 34.1 Å². The minimum Gasteiger partial charge on any atom is -0.497 e. The fourth-order valence-corrected chi connectivity index (χ4v) is 2.75. The number of benzene rings is 2. The Kier molecular flexibility index (Phi) is 5.55. The largest absolute Gasteiger partial charge is 0.497 e. The number of aryl methyl sites for hydroxylation is 1. The van der Waals surface area contributed by atoms with Gasteiger partial charge in [-0.15, -0.1) is 0 Å². The number of rotatable bonds is 4. The molecule has 2 amide bonds. The molecular weight excluding hydrogens is 366 g/mol. The molecule has 0 fully saturated rings. The first-order chi connectivity index (χ1) is 13.7. The van der Waals surface area contributed by atoms with E-state index in [1.165, 1.54) is 0 Å². The van der Waals surface area contributed by atoms with Crippen LogP contribution in [0.2, 0.25) is 0 Å². The van der Waals surface area contributed by atoms with Crippen LogP contribution < -0.4 is 15.4 Å². The van der Waals surface area contributed by atoms with Crippen LogP contribution in [0.1, 0.15) is 36.8 Å². The summed E-state index contributed by atoms with van der Waals surface area (Å²) in [5.74, 6) is 0.420. The van der Waals surface area contributed by atoms with Gasteiger partial charge in [0.25, 0.3) is 5.91 Å². The highest BCUT2D eigenvalue weighted by atomic mass is 16.5. The molecule has 0 unspecified atom stereocenters. The van der Waals surface area contributed by atoms with Gasteiger partial charge < -0.3 is 15.4 Å². The van der Waals surface area contributed by atoms with Crippen molar-refractivity contribution in [1.82, 2.24) is 4.98 Å². The Hall–Kier alpha value is -3.41. The van der Waals surface area contributed by atoms with Gasteiger partial charge in [0.1, 0.15) is 5.75 Å². The first kappa shape index (κ1) is 20.3. The van der Waals surface area contributed by atoms with Gasteiger partial charge in [-0.1, -0.05) is 20.8 Å². The second kappa shape index (κ2) is 7.91. The molecule has 150 valence electrons. The SMILES string of the molecule is COc1ccc2cc(C(=O)Nc3ccc(NC(=O)C(C)(C)C)cc3)c(C)nc2c1. The summed E-state index contributed by atoms with van der Waals surface area (Å²) in [6.45, 7) is 7.37. The Bertz CT molecular complexity index is 1070. The molecular formula is C23H25N3O3. The number of pyridine rings is 1. The highest BCUT2D eigenvalue weighted by Crippen LogP contribution is 2.23. The first-order valence-electron chi connectivity index (χ1n) is 9.35. The van der Waals surface area contributed by atoms with Crippen molar-refractivity contribution in [2.24, 2.45) is 5.41 Å². The second-order valence-electron chi connectivity index (χ2n) is 7.92. The summed E-state index contributed by atoms with van der Waals surface area (Å²) in [5.41, 5.74) is 2.76. The lowest BCUT2D eigenvalue weighted by Gasteiger charge is -2.17. The maximum Gasteiger partial charge on any atom is 0.257 e. The highest BCUT2D eigenvalue weighted by molar-refractivity contribution is 6.07. The number of aromatic nitrogens is 1. The Morgan fingerprint density at radius 1 is 0.931 bits per heavy atom. The Labute approximate surface area is 170 Å². The average Bonchev–Trinajstić information content (AvgIpc) is 2.67. The molecule has 2 aromatic carbocycles. The quantitative estimate of drug-likeness (QED) is 0.670. The van der Waals surface area contributed by atoms with Crippen molar-refractivity contribution in [3.05, 3.63) is 59.8 Å². The summed E-state index contributed by atoms with van der Waals surface area (Å²) in [4.78, 5) is 29.3. The third-order valence-electron chi connectivity index (χ3n) is 4.54. The smallest absolute Gasteiger partial charge is 0.257 e. The van der Waals surface area contributed by atoms with Crippen molar-refractivity contribution < 1.29 is 14.3 Å². The van der Waals surface area contributed by atoms with E-state index in [1.807, 2.05) is 45.0 Å². The molecule has 0 saturated heterocycles. The van der Waals surface area contributed by atoms with Gasteiger partial charge in [-0.05, 0) is 49.4 Å². The molecule has 2 N–H and O–H groups in total. The van der Waals surface area contributed by atoms with Gasteiger partial charge >= 0.3 is 0 Å². The van der Waals surface area contributed by atoms with E-state index in [-0.39, 0.29) is 11.8 Å². The van der Waals surface area contributed by atoms with Crippen LogP contribution in [0.3, 0.4) is 0 Å². The number of carbonyl (C=O) groups is 2. The normalized spacial score (nSPS) is 11.2. The maximum absolute atomic E-state index is 12.8. The van der Waals surface area contributed by atoms with Crippen LogP contribution in [-0.4, -0.2) is 23.9 Å². The third kappa shape index (κ3) is 4.71. The number of fused-ring (bicyclic) bond motifs is 1. The minimum absolute atomic E-state index is 0.0659. The van der Waals surface area contributed by atoms with E-state index in [4.69, 9.17) is 4.74 Å².